The fraction of sp³-hybridized carbons (Fsp3) is 0.286. The number of carbonyl (C=O) groups is 1. The molecular weight excluding hydrogens is 404 g/mol. The molecule has 8 nitrogen and oxygen atoms in total. The van der Waals surface area contributed by atoms with Gasteiger partial charge in [-0.25, -0.2) is 13.1 Å². The maximum atomic E-state index is 12.7. The summed E-state index contributed by atoms with van der Waals surface area (Å²) in [5.41, 5.74) is 3.31. The normalized spacial score (nSPS) is 14.5. The number of benzene rings is 2. The maximum Gasteiger partial charge on any atom is 0.242 e. The second-order valence-corrected chi connectivity index (χ2v) is 9.02. The summed E-state index contributed by atoms with van der Waals surface area (Å²) >= 11 is 0. The molecule has 2 heterocycles. The zero-order valence-corrected chi connectivity index (χ0v) is 17.6. The van der Waals surface area contributed by atoms with Gasteiger partial charge in [0.25, 0.3) is 0 Å². The number of nitrogens with zero attached hydrogens (tertiary/aromatic N) is 3. The number of rotatable bonds is 6. The molecule has 1 aliphatic heterocycles. The molecule has 1 aromatic heterocycles. The highest BCUT2D eigenvalue weighted by Crippen LogP contribution is 2.27. The quantitative estimate of drug-likeness (QED) is 0.650. The first kappa shape index (κ1) is 20.2. The molecule has 3 aromatic rings. The van der Waals surface area contributed by atoms with E-state index in [1.54, 1.807) is 24.0 Å². The number of amides is 1. The molecule has 30 heavy (non-hydrogen) atoms. The van der Waals surface area contributed by atoms with E-state index in [0.717, 1.165) is 28.8 Å². The van der Waals surface area contributed by atoms with Gasteiger partial charge in [0.15, 0.2) is 0 Å². The Morgan fingerprint density at radius 2 is 1.93 bits per heavy atom. The number of aromatic nitrogens is 2. The van der Waals surface area contributed by atoms with E-state index < -0.39 is 10.0 Å². The van der Waals surface area contributed by atoms with Crippen LogP contribution in [-0.2, 0) is 21.4 Å². The van der Waals surface area contributed by atoms with Crippen LogP contribution in [0.4, 0.5) is 5.69 Å². The summed E-state index contributed by atoms with van der Waals surface area (Å²) in [5, 5.41) is 3.94. The number of nitrogens with one attached hydrogen (secondary N) is 1. The third-order valence-corrected chi connectivity index (χ3v) is 6.51. The van der Waals surface area contributed by atoms with Crippen molar-refractivity contribution in [2.45, 2.75) is 38.1 Å². The Balaban J connectivity index is 1.48. The van der Waals surface area contributed by atoms with Crippen molar-refractivity contribution in [2.24, 2.45) is 0 Å². The molecule has 0 spiro atoms. The van der Waals surface area contributed by atoms with Gasteiger partial charge in [0.05, 0.1) is 11.4 Å². The van der Waals surface area contributed by atoms with Crippen molar-refractivity contribution in [2.75, 3.05) is 11.4 Å². The molecule has 1 N–H and O–H groups in total. The third-order valence-electron chi connectivity index (χ3n) is 5.11. The first-order chi connectivity index (χ1) is 14.3. The topological polar surface area (TPSA) is 105 Å². The number of anilines is 1. The largest absolute Gasteiger partial charge is 0.338 e. The number of hydrogen-bond acceptors (Lipinski definition) is 6. The minimum Gasteiger partial charge on any atom is -0.338 e. The monoisotopic (exact) mass is 426 g/mol. The summed E-state index contributed by atoms with van der Waals surface area (Å²) in [4.78, 5) is 18.1. The minimum absolute atomic E-state index is 0.0627. The fourth-order valence-corrected chi connectivity index (χ4v) is 4.56. The van der Waals surface area contributed by atoms with Crippen molar-refractivity contribution in [3.8, 4) is 11.4 Å². The van der Waals surface area contributed by atoms with Crippen LogP contribution in [0.25, 0.3) is 11.4 Å². The van der Waals surface area contributed by atoms with Gasteiger partial charge in [-0.1, -0.05) is 29.4 Å². The van der Waals surface area contributed by atoms with Gasteiger partial charge in [-0.3, -0.25) is 4.79 Å². The first-order valence-corrected chi connectivity index (χ1v) is 11.1. The van der Waals surface area contributed by atoms with E-state index in [2.05, 4.69) is 14.9 Å². The first-order valence-electron chi connectivity index (χ1n) is 9.64. The van der Waals surface area contributed by atoms with E-state index in [1.165, 1.54) is 6.07 Å². The predicted octanol–water partition coefficient (Wildman–Crippen LogP) is 2.96. The van der Waals surface area contributed by atoms with Crippen molar-refractivity contribution in [1.29, 1.82) is 0 Å². The van der Waals surface area contributed by atoms with Crippen LogP contribution in [0.3, 0.4) is 0 Å². The molecule has 1 amide bonds. The number of hydrogen-bond donors (Lipinski definition) is 1. The van der Waals surface area contributed by atoms with Gasteiger partial charge in [0.2, 0.25) is 27.6 Å². The Bertz CT molecular complexity index is 1200. The van der Waals surface area contributed by atoms with E-state index in [1.807, 2.05) is 31.2 Å². The second kappa shape index (κ2) is 8.00. The van der Waals surface area contributed by atoms with Crippen LogP contribution in [0.1, 0.15) is 29.9 Å². The van der Waals surface area contributed by atoms with Crippen molar-refractivity contribution in [3.05, 3.63) is 59.5 Å². The molecule has 0 unspecified atom stereocenters. The van der Waals surface area contributed by atoms with Gasteiger partial charge >= 0.3 is 0 Å². The fourth-order valence-electron chi connectivity index (χ4n) is 3.50. The Labute approximate surface area is 175 Å². The molecule has 0 atom stereocenters. The van der Waals surface area contributed by atoms with Crippen molar-refractivity contribution in [1.82, 2.24) is 14.9 Å². The third kappa shape index (κ3) is 3.99. The highest BCUT2D eigenvalue weighted by atomic mass is 32.2. The number of sulfonamides is 1. The molecule has 0 saturated carbocycles. The van der Waals surface area contributed by atoms with Crippen LogP contribution in [0.2, 0.25) is 0 Å². The molecule has 1 saturated heterocycles. The second-order valence-electron chi connectivity index (χ2n) is 7.25. The molecule has 1 aliphatic rings. The summed E-state index contributed by atoms with van der Waals surface area (Å²) in [6.07, 6.45) is 1.34. The average Bonchev–Trinajstić information content (AvgIpc) is 3.36. The Morgan fingerprint density at radius 3 is 2.63 bits per heavy atom. The zero-order valence-electron chi connectivity index (χ0n) is 16.8. The average molecular weight is 426 g/mol. The van der Waals surface area contributed by atoms with Gasteiger partial charge < -0.3 is 9.42 Å². The van der Waals surface area contributed by atoms with Crippen molar-refractivity contribution < 1.29 is 17.7 Å². The lowest BCUT2D eigenvalue weighted by molar-refractivity contribution is -0.117. The standard InChI is InChI=1S/C21H22N4O4S/c1-14-6-3-4-7-17(14)21-23-19(29-24-21)13-22-30(27,28)16-9-10-18(15(2)12-16)25-11-5-8-20(25)26/h3-4,6-7,9-10,12,22H,5,8,11,13H2,1-2H3. The molecule has 0 radical (unpaired) electrons. The van der Waals surface area contributed by atoms with E-state index in [-0.39, 0.29) is 23.2 Å². The Kier molecular flexibility index (Phi) is 5.40. The van der Waals surface area contributed by atoms with Gasteiger partial charge in [0.1, 0.15) is 0 Å². The number of carbonyl (C=O) groups excluding carboxylic acids is 1. The maximum absolute atomic E-state index is 12.7. The lowest BCUT2D eigenvalue weighted by Gasteiger charge is -2.19. The lowest BCUT2D eigenvalue weighted by atomic mass is 10.1. The molecule has 2 aromatic carbocycles. The minimum atomic E-state index is -3.78. The van der Waals surface area contributed by atoms with E-state index in [4.69, 9.17) is 4.52 Å². The summed E-state index contributed by atoms with van der Waals surface area (Å²) in [6.45, 7) is 4.28. The molecule has 0 aliphatic carbocycles. The van der Waals surface area contributed by atoms with Gasteiger partial charge in [-0.15, -0.1) is 0 Å². The highest BCUT2D eigenvalue weighted by molar-refractivity contribution is 7.89. The van der Waals surface area contributed by atoms with Gasteiger partial charge in [0, 0.05) is 24.2 Å². The Morgan fingerprint density at radius 1 is 1.13 bits per heavy atom. The van der Waals surface area contributed by atoms with Gasteiger partial charge in [-0.2, -0.15) is 4.98 Å². The van der Waals surface area contributed by atoms with Crippen molar-refractivity contribution >= 4 is 21.6 Å². The molecule has 0 bridgehead atoms. The molecule has 1 fully saturated rings. The van der Waals surface area contributed by atoms with E-state index >= 15 is 0 Å². The summed E-state index contributed by atoms with van der Waals surface area (Å²) < 4.78 is 33.1. The smallest absolute Gasteiger partial charge is 0.242 e. The zero-order chi connectivity index (χ0) is 21.3. The van der Waals surface area contributed by atoms with Crippen LogP contribution in [0.15, 0.2) is 51.9 Å². The van der Waals surface area contributed by atoms with Crippen LogP contribution < -0.4 is 9.62 Å². The Hall–Kier alpha value is -3.04. The molecular formula is C21H22N4O4S. The lowest BCUT2D eigenvalue weighted by Crippen LogP contribution is -2.26. The summed E-state index contributed by atoms with van der Waals surface area (Å²) in [5.74, 6) is 0.651. The van der Waals surface area contributed by atoms with Gasteiger partial charge in [-0.05, 0) is 49.6 Å². The van der Waals surface area contributed by atoms with E-state index in [9.17, 15) is 13.2 Å². The highest BCUT2D eigenvalue weighted by Gasteiger charge is 2.24. The molecule has 4 rings (SSSR count). The summed E-state index contributed by atoms with van der Waals surface area (Å²) in [7, 11) is -3.78. The number of aryl methyl sites for hydroxylation is 2. The van der Waals surface area contributed by atoms with Crippen LogP contribution in [0.5, 0.6) is 0 Å². The molecule has 156 valence electrons. The van der Waals surface area contributed by atoms with Crippen LogP contribution in [-0.4, -0.2) is 31.0 Å². The molecule has 9 heteroatoms. The van der Waals surface area contributed by atoms with Crippen molar-refractivity contribution in [3.63, 3.8) is 0 Å². The van der Waals surface area contributed by atoms with Crippen LogP contribution >= 0.6 is 0 Å². The summed E-state index contributed by atoms with van der Waals surface area (Å²) in [6, 6.07) is 12.4. The van der Waals surface area contributed by atoms with Crippen LogP contribution in [0, 0.1) is 13.8 Å². The predicted molar refractivity (Wildman–Crippen MR) is 111 cm³/mol. The SMILES string of the molecule is Cc1ccccc1-c1noc(CNS(=O)(=O)c2ccc(N3CCCC3=O)c(C)c2)n1. The van der Waals surface area contributed by atoms with E-state index in [0.29, 0.717) is 18.8 Å².